The number of rotatable bonds is 4. The summed E-state index contributed by atoms with van der Waals surface area (Å²) in [5, 5.41) is 4.00. The van der Waals surface area contributed by atoms with Gasteiger partial charge in [0.2, 0.25) is 5.95 Å². The Hall–Kier alpha value is -1.88. The summed E-state index contributed by atoms with van der Waals surface area (Å²) >= 11 is 0. The summed E-state index contributed by atoms with van der Waals surface area (Å²) in [6, 6.07) is 6.66. The van der Waals surface area contributed by atoms with E-state index in [9.17, 15) is 0 Å². The summed E-state index contributed by atoms with van der Waals surface area (Å²) in [4.78, 5) is 11.2. The van der Waals surface area contributed by atoms with E-state index in [1.165, 1.54) is 0 Å². The Morgan fingerprint density at radius 1 is 1.27 bits per heavy atom. The van der Waals surface area contributed by atoms with E-state index in [1.807, 2.05) is 31.4 Å². The van der Waals surface area contributed by atoms with Crippen molar-refractivity contribution in [2.75, 3.05) is 25.5 Å². The molecule has 1 saturated heterocycles. The first-order chi connectivity index (χ1) is 10.7. The van der Waals surface area contributed by atoms with Crippen LogP contribution in [0, 0.1) is 0 Å². The second kappa shape index (κ2) is 6.48. The maximum atomic E-state index is 6.16. The van der Waals surface area contributed by atoms with Crippen molar-refractivity contribution in [2.45, 2.75) is 38.8 Å². The highest BCUT2D eigenvalue weighted by Gasteiger charge is 2.22. The summed E-state index contributed by atoms with van der Waals surface area (Å²) in [7, 11) is 1.82. The number of aromatic nitrogens is 2. The van der Waals surface area contributed by atoms with E-state index in [0.29, 0.717) is 18.1 Å². The monoisotopic (exact) mass is 300 g/mol. The lowest BCUT2D eigenvalue weighted by Gasteiger charge is -2.34. The fraction of sp³-hybridized carbons (Fsp3) is 0.529. The predicted molar refractivity (Wildman–Crippen MR) is 89.4 cm³/mol. The molecule has 2 aromatic rings. The normalized spacial score (nSPS) is 17.1. The average Bonchev–Trinajstić information content (AvgIpc) is 2.54. The van der Waals surface area contributed by atoms with Crippen molar-refractivity contribution in [3.8, 4) is 5.75 Å². The Morgan fingerprint density at radius 2 is 2.05 bits per heavy atom. The molecule has 0 saturated carbocycles. The zero-order valence-electron chi connectivity index (χ0n) is 13.5. The standard InChI is InChI=1S/C17H24N4O/c1-12(2)21-8-6-14(7-9-21)22-15-5-4-13-11-19-17(18-3)20-16(13)10-15/h4-5,10-12,14H,6-9H2,1-3H3,(H,18,19,20). The first-order valence-corrected chi connectivity index (χ1v) is 8.01. The van der Waals surface area contributed by atoms with Gasteiger partial charge in [0.15, 0.2) is 0 Å². The molecule has 5 nitrogen and oxygen atoms in total. The fourth-order valence-electron chi connectivity index (χ4n) is 2.90. The highest BCUT2D eigenvalue weighted by atomic mass is 16.5. The number of likely N-dealkylation sites (tertiary alicyclic amines) is 1. The molecule has 0 aliphatic carbocycles. The van der Waals surface area contributed by atoms with Crippen LogP contribution in [0.4, 0.5) is 5.95 Å². The maximum Gasteiger partial charge on any atom is 0.222 e. The first kappa shape index (κ1) is 15.0. The molecule has 0 spiro atoms. The molecule has 0 radical (unpaired) electrons. The largest absolute Gasteiger partial charge is 0.490 e. The van der Waals surface area contributed by atoms with Crippen LogP contribution in [0.1, 0.15) is 26.7 Å². The lowest BCUT2D eigenvalue weighted by Crippen LogP contribution is -2.41. The van der Waals surface area contributed by atoms with Crippen LogP contribution in [0.5, 0.6) is 5.75 Å². The SMILES string of the molecule is CNc1ncc2ccc(OC3CCN(C(C)C)CC3)cc2n1. The third-order valence-electron chi connectivity index (χ3n) is 4.29. The Kier molecular flexibility index (Phi) is 4.43. The van der Waals surface area contributed by atoms with Gasteiger partial charge in [0, 0.05) is 43.8 Å². The number of hydrogen-bond donors (Lipinski definition) is 1. The van der Waals surface area contributed by atoms with Crippen LogP contribution in [0.25, 0.3) is 10.9 Å². The summed E-state index contributed by atoms with van der Waals surface area (Å²) in [5.74, 6) is 1.53. The molecule has 1 aliphatic rings. The molecule has 1 N–H and O–H groups in total. The van der Waals surface area contributed by atoms with E-state index < -0.39 is 0 Å². The molecule has 1 aromatic heterocycles. The summed E-state index contributed by atoms with van der Waals surface area (Å²) in [6.45, 7) is 6.73. The highest BCUT2D eigenvalue weighted by Crippen LogP contribution is 2.23. The molecule has 0 unspecified atom stereocenters. The van der Waals surface area contributed by atoms with Gasteiger partial charge in [-0.2, -0.15) is 0 Å². The second-order valence-electron chi connectivity index (χ2n) is 6.11. The van der Waals surface area contributed by atoms with Crippen LogP contribution in [-0.4, -0.2) is 47.2 Å². The Morgan fingerprint density at radius 3 is 2.73 bits per heavy atom. The number of benzene rings is 1. The van der Waals surface area contributed by atoms with Crippen LogP contribution in [0.3, 0.4) is 0 Å². The van der Waals surface area contributed by atoms with Gasteiger partial charge in [0.05, 0.1) is 5.52 Å². The van der Waals surface area contributed by atoms with Gasteiger partial charge in [-0.1, -0.05) is 0 Å². The molecule has 0 atom stereocenters. The third kappa shape index (κ3) is 3.30. The van der Waals surface area contributed by atoms with E-state index in [-0.39, 0.29) is 0 Å². The number of nitrogens with zero attached hydrogens (tertiary/aromatic N) is 3. The van der Waals surface area contributed by atoms with Gasteiger partial charge in [-0.05, 0) is 38.8 Å². The van der Waals surface area contributed by atoms with Gasteiger partial charge >= 0.3 is 0 Å². The van der Waals surface area contributed by atoms with Crippen LogP contribution in [0.15, 0.2) is 24.4 Å². The number of piperidine rings is 1. The lowest BCUT2D eigenvalue weighted by atomic mass is 10.1. The minimum atomic E-state index is 0.304. The van der Waals surface area contributed by atoms with Gasteiger partial charge in [0.25, 0.3) is 0 Å². The minimum Gasteiger partial charge on any atom is -0.490 e. The highest BCUT2D eigenvalue weighted by molar-refractivity contribution is 5.80. The first-order valence-electron chi connectivity index (χ1n) is 8.01. The van der Waals surface area contributed by atoms with Crippen molar-refractivity contribution in [3.05, 3.63) is 24.4 Å². The van der Waals surface area contributed by atoms with E-state index in [4.69, 9.17) is 4.74 Å². The molecular weight excluding hydrogens is 276 g/mol. The van der Waals surface area contributed by atoms with Gasteiger partial charge in [0.1, 0.15) is 11.9 Å². The van der Waals surface area contributed by atoms with Gasteiger partial charge in [-0.3, -0.25) is 0 Å². The second-order valence-corrected chi connectivity index (χ2v) is 6.11. The van der Waals surface area contributed by atoms with Crippen molar-refractivity contribution in [1.29, 1.82) is 0 Å². The Labute approximate surface area is 131 Å². The van der Waals surface area contributed by atoms with E-state index >= 15 is 0 Å². The molecule has 1 aromatic carbocycles. The molecular formula is C17H24N4O. The number of nitrogens with one attached hydrogen (secondary N) is 1. The van der Waals surface area contributed by atoms with Crippen LogP contribution < -0.4 is 10.1 Å². The van der Waals surface area contributed by atoms with Crippen LogP contribution >= 0.6 is 0 Å². The van der Waals surface area contributed by atoms with Crippen molar-refractivity contribution in [2.24, 2.45) is 0 Å². The summed E-state index contributed by atoms with van der Waals surface area (Å²) < 4.78 is 6.16. The zero-order valence-corrected chi connectivity index (χ0v) is 13.5. The third-order valence-corrected chi connectivity index (χ3v) is 4.29. The molecule has 0 amide bonds. The van der Waals surface area contributed by atoms with Crippen LogP contribution in [-0.2, 0) is 0 Å². The lowest BCUT2D eigenvalue weighted by molar-refractivity contribution is 0.0844. The van der Waals surface area contributed by atoms with Gasteiger partial charge < -0.3 is 15.0 Å². The van der Waals surface area contributed by atoms with Crippen molar-refractivity contribution >= 4 is 16.9 Å². The van der Waals surface area contributed by atoms with E-state index in [2.05, 4.69) is 34.0 Å². The molecule has 2 heterocycles. The number of hydrogen-bond acceptors (Lipinski definition) is 5. The topological polar surface area (TPSA) is 50.3 Å². The average molecular weight is 300 g/mol. The van der Waals surface area contributed by atoms with E-state index in [1.54, 1.807) is 0 Å². The summed E-state index contributed by atoms with van der Waals surface area (Å²) in [5.41, 5.74) is 0.913. The summed E-state index contributed by atoms with van der Waals surface area (Å²) in [6.07, 6.45) is 4.31. The quantitative estimate of drug-likeness (QED) is 0.941. The fourth-order valence-corrected chi connectivity index (χ4v) is 2.90. The van der Waals surface area contributed by atoms with Crippen molar-refractivity contribution in [1.82, 2.24) is 14.9 Å². The molecule has 0 bridgehead atoms. The maximum absolute atomic E-state index is 6.16. The zero-order chi connectivity index (χ0) is 15.5. The number of fused-ring (bicyclic) bond motifs is 1. The molecule has 1 fully saturated rings. The predicted octanol–water partition coefficient (Wildman–Crippen LogP) is 2.92. The number of anilines is 1. The Bertz CT molecular complexity index is 636. The molecule has 3 rings (SSSR count). The van der Waals surface area contributed by atoms with Crippen molar-refractivity contribution in [3.63, 3.8) is 0 Å². The van der Waals surface area contributed by atoms with Crippen molar-refractivity contribution < 1.29 is 4.74 Å². The molecule has 5 heteroatoms. The smallest absolute Gasteiger partial charge is 0.222 e. The number of ether oxygens (including phenoxy) is 1. The van der Waals surface area contributed by atoms with E-state index in [0.717, 1.165) is 42.6 Å². The molecule has 1 aliphatic heterocycles. The molecule has 118 valence electrons. The minimum absolute atomic E-state index is 0.304. The van der Waals surface area contributed by atoms with Gasteiger partial charge in [-0.15, -0.1) is 0 Å². The molecule has 22 heavy (non-hydrogen) atoms. The van der Waals surface area contributed by atoms with Gasteiger partial charge in [-0.25, -0.2) is 9.97 Å². The van der Waals surface area contributed by atoms with Crippen LogP contribution in [0.2, 0.25) is 0 Å². The Balaban J connectivity index is 1.69.